The molecule has 1 saturated heterocycles. The summed E-state index contributed by atoms with van der Waals surface area (Å²) in [6.45, 7) is 1.59. The predicted octanol–water partition coefficient (Wildman–Crippen LogP) is 1.44. The van der Waals surface area contributed by atoms with Crippen molar-refractivity contribution in [2.45, 2.75) is 25.6 Å². The molecule has 2 rings (SSSR count). The standard InChI is InChI=1S/C8H11O5P/c1-6(9)8-5-7-3-2-4-11-14(10,12-7)13-8/h2-3,7-8H,4-5H2,1H3. The number of hydrogen-bond donors (Lipinski definition) is 0. The minimum atomic E-state index is -3.50. The molecular formula is C8H11O5P. The monoisotopic (exact) mass is 218 g/mol. The lowest BCUT2D eigenvalue weighted by Crippen LogP contribution is -2.31. The van der Waals surface area contributed by atoms with Crippen molar-refractivity contribution in [1.82, 2.24) is 0 Å². The van der Waals surface area contributed by atoms with Gasteiger partial charge in [-0.15, -0.1) is 0 Å². The number of phosphoric acid groups is 1. The van der Waals surface area contributed by atoms with Crippen molar-refractivity contribution in [3.05, 3.63) is 12.2 Å². The number of carbonyl (C=O) groups excluding carboxylic acids is 1. The molecule has 78 valence electrons. The molecule has 6 heteroatoms. The Kier molecular flexibility index (Phi) is 2.58. The lowest BCUT2D eigenvalue weighted by Gasteiger charge is -2.29. The Labute approximate surface area is 81.6 Å². The molecule has 0 saturated carbocycles. The fourth-order valence-corrected chi connectivity index (χ4v) is 2.87. The maximum absolute atomic E-state index is 11.7. The summed E-state index contributed by atoms with van der Waals surface area (Å²) in [5, 5.41) is 0. The molecule has 0 aliphatic carbocycles. The van der Waals surface area contributed by atoms with Gasteiger partial charge < -0.3 is 0 Å². The van der Waals surface area contributed by atoms with Crippen LogP contribution in [0.2, 0.25) is 0 Å². The SMILES string of the molecule is CC(=O)C1CC2C=CCOP(=O)(O2)O1. The summed E-state index contributed by atoms with van der Waals surface area (Å²) >= 11 is 0. The number of carbonyl (C=O) groups is 1. The summed E-state index contributed by atoms with van der Waals surface area (Å²) in [7, 11) is -3.50. The normalized spacial score (nSPS) is 41.8. The average Bonchev–Trinajstić information content (AvgIpc) is 2.23. The molecule has 0 N–H and O–H groups in total. The molecule has 3 atom stereocenters. The summed E-state index contributed by atoms with van der Waals surface area (Å²) < 4.78 is 26.7. The van der Waals surface area contributed by atoms with Crippen molar-refractivity contribution in [2.24, 2.45) is 0 Å². The molecule has 0 aromatic heterocycles. The second-order valence-electron chi connectivity index (χ2n) is 3.26. The highest BCUT2D eigenvalue weighted by Crippen LogP contribution is 2.56. The second-order valence-corrected chi connectivity index (χ2v) is 4.83. The van der Waals surface area contributed by atoms with Crippen molar-refractivity contribution in [2.75, 3.05) is 6.61 Å². The fraction of sp³-hybridized carbons (Fsp3) is 0.625. The molecule has 2 heterocycles. The first-order valence-corrected chi connectivity index (χ1v) is 5.84. The van der Waals surface area contributed by atoms with Gasteiger partial charge in [0.05, 0.1) is 12.7 Å². The first kappa shape index (κ1) is 10.1. The minimum absolute atomic E-state index is 0.155. The molecular weight excluding hydrogens is 207 g/mol. The molecule has 0 spiro atoms. The first-order chi connectivity index (χ1) is 6.59. The zero-order chi connectivity index (χ0) is 10.2. The quantitative estimate of drug-likeness (QED) is 0.492. The van der Waals surface area contributed by atoms with Crippen LogP contribution in [0, 0.1) is 0 Å². The van der Waals surface area contributed by atoms with E-state index in [9.17, 15) is 9.36 Å². The minimum Gasteiger partial charge on any atom is -0.297 e. The highest BCUT2D eigenvalue weighted by Gasteiger charge is 2.42. The van der Waals surface area contributed by atoms with E-state index in [0.29, 0.717) is 6.42 Å². The third-order valence-electron chi connectivity index (χ3n) is 2.10. The molecule has 3 unspecified atom stereocenters. The van der Waals surface area contributed by atoms with Crippen molar-refractivity contribution in [3.8, 4) is 0 Å². The molecule has 2 aliphatic heterocycles. The fourth-order valence-electron chi connectivity index (χ4n) is 1.40. The van der Waals surface area contributed by atoms with E-state index in [1.54, 1.807) is 12.2 Å². The summed E-state index contributed by atoms with van der Waals surface area (Å²) in [5.41, 5.74) is 0. The number of ketones is 1. The van der Waals surface area contributed by atoms with Crippen LogP contribution in [0.15, 0.2) is 12.2 Å². The number of phosphoric ester groups is 1. The van der Waals surface area contributed by atoms with Gasteiger partial charge in [0.25, 0.3) is 0 Å². The van der Waals surface area contributed by atoms with E-state index in [1.165, 1.54) is 6.92 Å². The molecule has 14 heavy (non-hydrogen) atoms. The topological polar surface area (TPSA) is 61.8 Å². The summed E-state index contributed by atoms with van der Waals surface area (Å²) in [4.78, 5) is 11.1. The molecule has 2 aliphatic rings. The van der Waals surface area contributed by atoms with Crippen LogP contribution in [0.1, 0.15) is 13.3 Å². The highest BCUT2D eigenvalue weighted by atomic mass is 31.2. The highest BCUT2D eigenvalue weighted by molar-refractivity contribution is 7.48. The van der Waals surface area contributed by atoms with Crippen LogP contribution in [-0.4, -0.2) is 24.6 Å². The van der Waals surface area contributed by atoms with Crippen LogP contribution >= 0.6 is 7.82 Å². The molecule has 5 nitrogen and oxygen atoms in total. The van der Waals surface area contributed by atoms with E-state index in [2.05, 4.69) is 0 Å². The Hall–Kier alpha value is -0.480. The van der Waals surface area contributed by atoms with Gasteiger partial charge in [0.15, 0.2) is 5.78 Å². The van der Waals surface area contributed by atoms with Crippen LogP contribution in [-0.2, 0) is 22.9 Å². The van der Waals surface area contributed by atoms with Crippen molar-refractivity contribution < 1.29 is 22.9 Å². The van der Waals surface area contributed by atoms with Gasteiger partial charge in [-0.25, -0.2) is 4.57 Å². The van der Waals surface area contributed by atoms with Gasteiger partial charge in [0, 0.05) is 6.42 Å². The average molecular weight is 218 g/mol. The van der Waals surface area contributed by atoms with Crippen LogP contribution in [0.25, 0.3) is 0 Å². The lowest BCUT2D eigenvalue weighted by atomic mass is 10.1. The van der Waals surface area contributed by atoms with Gasteiger partial charge in [-0.3, -0.25) is 18.4 Å². The Morgan fingerprint density at radius 2 is 2.29 bits per heavy atom. The van der Waals surface area contributed by atoms with Crippen LogP contribution in [0.4, 0.5) is 0 Å². The molecule has 0 radical (unpaired) electrons. The summed E-state index contributed by atoms with van der Waals surface area (Å²) in [6.07, 6.45) is 2.85. The Morgan fingerprint density at radius 3 is 3.00 bits per heavy atom. The molecule has 2 bridgehead atoms. The number of fused-ring (bicyclic) bond motifs is 2. The summed E-state index contributed by atoms with van der Waals surface area (Å²) in [5.74, 6) is -0.155. The Bertz CT molecular complexity index is 324. The lowest BCUT2D eigenvalue weighted by molar-refractivity contribution is -0.128. The van der Waals surface area contributed by atoms with Crippen molar-refractivity contribution >= 4 is 13.6 Å². The zero-order valence-electron chi connectivity index (χ0n) is 7.71. The Morgan fingerprint density at radius 1 is 1.50 bits per heavy atom. The number of rotatable bonds is 1. The van der Waals surface area contributed by atoms with Gasteiger partial charge in [0.2, 0.25) is 0 Å². The predicted molar refractivity (Wildman–Crippen MR) is 47.7 cm³/mol. The molecule has 0 aromatic carbocycles. The first-order valence-electron chi connectivity index (χ1n) is 4.37. The van der Waals surface area contributed by atoms with Crippen LogP contribution in [0.5, 0.6) is 0 Å². The third kappa shape index (κ3) is 1.96. The van der Waals surface area contributed by atoms with Gasteiger partial charge >= 0.3 is 7.82 Å². The number of hydrogen-bond acceptors (Lipinski definition) is 5. The van der Waals surface area contributed by atoms with Gasteiger partial charge in [-0.1, -0.05) is 12.2 Å². The second kappa shape index (κ2) is 3.59. The van der Waals surface area contributed by atoms with E-state index < -0.39 is 13.9 Å². The maximum atomic E-state index is 11.7. The third-order valence-corrected chi connectivity index (χ3v) is 3.61. The molecule has 1 fully saturated rings. The van der Waals surface area contributed by atoms with Crippen molar-refractivity contribution in [3.63, 3.8) is 0 Å². The van der Waals surface area contributed by atoms with E-state index in [4.69, 9.17) is 13.6 Å². The van der Waals surface area contributed by atoms with E-state index in [1.807, 2.05) is 0 Å². The zero-order valence-corrected chi connectivity index (χ0v) is 8.61. The van der Waals surface area contributed by atoms with Crippen LogP contribution < -0.4 is 0 Å². The van der Waals surface area contributed by atoms with Gasteiger partial charge in [0.1, 0.15) is 6.10 Å². The van der Waals surface area contributed by atoms with Crippen molar-refractivity contribution in [1.29, 1.82) is 0 Å². The maximum Gasteiger partial charge on any atom is 0.476 e. The van der Waals surface area contributed by atoms with E-state index in [0.717, 1.165) is 0 Å². The van der Waals surface area contributed by atoms with E-state index >= 15 is 0 Å². The van der Waals surface area contributed by atoms with Gasteiger partial charge in [-0.05, 0) is 6.92 Å². The molecule has 0 aromatic rings. The van der Waals surface area contributed by atoms with E-state index in [-0.39, 0.29) is 18.5 Å². The van der Waals surface area contributed by atoms with Crippen LogP contribution in [0.3, 0.4) is 0 Å². The summed E-state index contributed by atoms with van der Waals surface area (Å²) in [6, 6.07) is 0. The Balaban J connectivity index is 2.22. The smallest absolute Gasteiger partial charge is 0.297 e. The largest absolute Gasteiger partial charge is 0.476 e. The van der Waals surface area contributed by atoms with Gasteiger partial charge in [-0.2, -0.15) is 0 Å². The molecule has 0 amide bonds. The number of Topliss-reactive ketones (excluding diaryl/α,β-unsaturated/α-hetero) is 1.